The second-order valence-electron chi connectivity index (χ2n) is 6.90. The van der Waals surface area contributed by atoms with E-state index in [0.717, 1.165) is 30.6 Å². The van der Waals surface area contributed by atoms with Crippen molar-refractivity contribution in [1.82, 2.24) is 10.5 Å². The van der Waals surface area contributed by atoms with Crippen LogP contribution in [0.15, 0.2) is 17.3 Å². The number of hydrogen-bond acceptors (Lipinski definition) is 3. The van der Waals surface area contributed by atoms with Crippen LogP contribution in [-0.2, 0) is 0 Å². The first-order valence-corrected chi connectivity index (χ1v) is 9.18. The molecule has 23 heavy (non-hydrogen) atoms. The fourth-order valence-corrected chi connectivity index (χ4v) is 4.44. The highest BCUT2D eigenvalue weighted by Crippen LogP contribution is 2.43. The number of fused-ring (bicyclic) bond motifs is 2. The van der Waals surface area contributed by atoms with Crippen molar-refractivity contribution >= 4 is 34.9 Å². The predicted molar refractivity (Wildman–Crippen MR) is 93.7 cm³/mol. The highest BCUT2D eigenvalue weighted by Gasteiger charge is 2.31. The summed E-state index contributed by atoms with van der Waals surface area (Å²) in [5.74, 6) is 3.58. The molecule has 3 rings (SSSR count). The number of halogens is 2. The molecule has 1 heterocycles. The quantitative estimate of drug-likeness (QED) is 0.432. The van der Waals surface area contributed by atoms with Gasteiger partial charge in [-0.15, -0.1) is 0 Å². The molecular weight excluding hydrogens is 333 g/mol. The van der Waals surface area contributed by atoms with Crippen molar-refractivity contribution in [3.8, 4) is 0 Å². The van der Waals surface area contributed by atoms with Crippen LogP contribution in [0.3, 0.4) is 0 Å². The van der Waals surface area contributed by atoms with Gasteiger partial charge in [0.25, 0.3) is 0 Å². The highest BCUT2D eigenvalue weighted by atomic mass is 35.5. The van der Waals surface area contributed by atoms with E-state index in [1.54, 1.807) is 6.07 Å². The number of aliphatic imine (C=N–C) groups is 1. The van der Waals surface area contributed by atoms with Crippen LogP contribution in [0.4, 0.5) is 5.82 Å². The largest absolute Gasteiger partial charge is 0.290 e. The van der Waals surface area contributed by atoms with Crippen LogP contribution in [0.5, 0.6) is 0 Å². The lowest BCUT2D eigenvalue weighted by Gasteiger charge is -2.39. The molecule has 2 N–H and O–H groups in total. The zero-order chi connectivity index (χ0) is 16.2. The van der Waals surface area contributed by atoms with Crippen molar-refractivity contribution in [2.45, 2.75) is 51.4 Å². The third-order valence-corrected chi connectivity index (χ3v) is 5.90. The minimum absolute atomic E-state index is 0.401. The Morgan fingerprint density at radius 3 is 2.61 bits per heavy atom. The molecular formula is C17H23Cl2N3O. The number of nitrogens with one attached hydrogen (secondary N) is 1. The molecule has 2 aliphatic rings. The first-order valence-electron chi connectivity index (χ1n) is 8.42. The van der Waals surface area contributed by atoms with Gasteiger partial charge in [0.1, 0.15) is 5.84 Å². The van der Waals surface area contributed by atoms with E-state index in [1.807, 2.05) is 0 Å². The lowest BCUT2D eigenvalue weighted by atomic mass is 9.67. The molecule has 0 spiro atoms. The van der Waals surface area contributed by atoms with Crippen LogP contribution in [0, 0.1) is 17.8 Å². The van der Waals surface area contributed by atoms with Gasteiger partial charge in [-0.1, -0.05) is 42.5 Å². The van der Waals surface area contributed by atoms with Crippen molar-refractivity contribution in [3.63, 3.8) is 0 Å². The van der Waals surface area contributed by atoms with Gasteiger partial charge in [-0.05, 0) is 43.4 Å². The number of amidine groups is 1. The molecule has 2 unspecified atom stereocenters. The topological polar surface area (TPSA) is 57.5 Å². The zero-order valence-corrected chi connectivity index (χ0v) is 14.7. The van der Waals surface area contributed by atoms with E-state index in [0.29, 0.717) is 21.7 Å². The molecule has 6 heteroatoms. The Morgan fingerprint density at radius 2 is 1.96 bits per heavy atom. The molecule has 1 aromatic rings. The standard InChI is InChI=1S/C17H23Cl2N3O/c18-14-9-17(20-10-15(14)19)21-16(22-23)5-4-13-7-11-2-1-3-12(6-11)8-13/h9-13,23H,1-8H2,(H,20,21,22). The van der Waals surface area contributed by atoms with Gasteiger partial charge in [-0.2, -0.15) is 0 Å². The summed E-state index contributed by atoms with van der Waals surface area (Å²) >= 11 is 11.8. The molecule has 2 bridgehead atoms. The van der Waals surface area contributed by atoms with Crippen molar-refractivity contribution in [3.05, 3.63) is 22.3 Å². The average Bonchev–Trinajstić information content (AvgIpc) is 2.54. The summed E-state index contributed by atoms with van der Waals surface area (Å²) < 4.78 is 0. The van der Waals surface area contributed by atoms with E-state index in [2.05, 4.69) is 15.5 Å². The van der Waals surface area contributed by atoms with Gasteiger partial charge in [0, 0.05) is 18.7 Å². The van der Waals surface area contributed by atoms with Crippen LogP contribution in [0.1, 0.15) is 51.4 Å². The predicted octanol–water partition coefficient (Wildman–Crippen LogP) is 5.39. The molecule has 2 aliphatic carbocycles. The minimum Gasteiger partial charge on any atom is -0.290 e. The smallest absolute Gasteiger partial charge is 0.155 e. The molecule has 0 aromatic carbocycles. The summed E-state index contributed by atoms with van der Waals surface area (Å²) in [4.78, 5) is 8.45. The van der Waals surface area contributed by atoms with Crippen molar-refractivity contribution in [2.75, 3.05) is 0 Å². The molecule has 2 fully saturated rings. The maximum atomic E-state index is 9.33. The summed E-state index contributed by atoms with van der Waals surface area (Å²) in [7, 11) is 0. The van der Waals surface area contributed by atoms with Crippen LogP contribution >= 0.6 is 23.2 Å². The summed E-state index contributed by atoms with van der Waals surface area (Å²) in [6.07, 6.45) is 11.6. The summed E-state index contributed by atoms with van der Waals surface area (Å²) in [6.45, 7) is 0. The first kappa shape index (κ1) is 17.0. The molecule has 1 aromatic heterocycles. The van der Waals surface area contributed by atoms with E-state index in [-0.39, 0.29) is 0 Å². The van der Waals surface area contributed by atoms with Crippen LogP contribution in [0.2, 0.25) is 10.0 Å². The van der Waals surface area contributed by atoms with Gasteiger partial charge in [-0.3, -0.25) is 10.7 Å². The number of pyridine rings is 1. The van der Waals surface area contributed by atoms with E-state index < -0.39 is 0 Å². The number of aromatic nitrogens is 1. The lowest BCUT2D eigenvalue weighted by molar-refractivity contribution is 0.132. The third kappa shape index (κ3) is 4.59. The van der Waals surface area contributed by atoms with Crippen LogP contribution in [-0.4, -0.2) is 16.0 Å². The van der Waals surface area contributed by atoms with E-state index in [4.69, 9.17) is 23.2 Å². The summed E-state index contributed by atoms with van der Waals surface area (Å²) in [5, 5.41) is 10.1. The summed E-state index contributed by atoms with van der Waals surface area (Å²) in [5.41, 5.74) is 2.21. The number of rotatable bonds is 4. The second-order valence-corrected chi connectivity index (χ2v) is 7.72. The SMILES string of the molecule is ONC(CCC1CC2CCCC(C2)C1)=Nc1cc(Cl)c(Cl)cn1. The lowest BCUT2D eigenvalue weighted by Crippen LogP contribution is -2.28. The molecule has 0 saturated heterocycles. The fraction of sp³-hybridized carbons (Fsp3) is 0.647. The Kier molecular flexibility index (Phi) is 5.78. The van der Waals surface area contributed by atoms with Gasteiger partial charge in [0.05, 0.1) is 10.0 Å². The minimum atomic E-state index is 0.401. The summed E-state index contributed by atoms with van der Waals surface area (Å²) in [6, 6.07) is 1.60. The van der Waals surface area contributed by atoms with E-state index >= 15 is 0 Å². The molecule has 4 nitrogen and oxygen atoms in total. The Balaban J connectivity index is 1.58. The first-order chi connectivity index (χ1) is 11.1. The third-order valence-electron chi connectivity index (χ3n) is 5.19. The van der Waals surface area contributed by atoms with Gasteiger partial charge in [-0.25, -0.2) is 9.98 Å². The highest BCUT2D eigenvalue weighted by molar-refractivity contribution is 6.42. The molecule has 2 atom stereocenters. The normalized spacial score (nSPS) is 27.8. The van der Waals surface area contributed by atoms with E-state index in [9.17, 15) is 5.21 Å². The van der Waals surface area contributed by atoms with Crippen LogP contribution < -0.4 is 5.48 Å². The van der Waals surface area contributed by atoms with E-state index in [1.165, 1.54) is 44.7 Å². The molecule has 0 radical (unpaired) electrons. The zero-order valence-electron chi connectivity index (χ0n) is 13.1. The Bertz CT molecular complexity index is 567. The Labute approximate surface area is 147 Å². The van der Waals surface area contributed by atoms with Crippen molar-refractivity contribution in [1.29, 1.82) is 0 Å². The molecule has 126 valence electrons. The second kappa shape index (κ2) is 7.82. The number of hydroxylamine groups is 1. The number of hydrogen-bond donors (Lipinski definition) is 2. The molecule has 0 amide bonds. The average molecular weight is 356 g/mol. The van der Waals surface area contributed by atoms with Crippen molar-refractivity contribution in [2.24, 2.45) is 22.7 Å². The molecule has 2 saturated carbocycles. The Morgan fingerprint density at radius 1 is 1.22 bits per heavy atom. The number of nitrogens with zero attached hydrogens (tertiary/aromatic N) is 2. The van der Waals surface area contributed by atoms with Gasteiger partial charge in [0.15, 0.2) is 5.82 Å². The van der Waals surface area contributed by atoms with Gasteiger partial charge in [0.2, 0.25) is 0 Å². The Hall–Kier alpha value is -0.840. The van der Waals surface area contributed by atoms with Gasteiger partial charge < -0.3 is 0 Å². The molecule has 0 aliphatic heterocycles. The van der Waals surface area contributed by atoms with Crippen LogP contribution in [0.25, 0.3) is 0 Å². The maximum absolute atomic E-state index is 9.33. The van der Waals surface area contributed by atoms with Crippen molar-refractivity contribution < 1.29 is 5.21 Å². The monoisotopic (exact) mass is 355 g/mol. The van der Waals surface area contributed by atoms with Gasteiger partial charge >= 0.3 is 0 Å². The fourth-order valence-electron chi connectivity index (χ4n) is 4.19. The maximum Gasteiger partial charge on any atom is 0.155 e.